The van der Waals surface area contributed by atoms with Gasteiger partial charge in [0.25, 0.3) is 5.91 Å². The van der Waals surface area contributed by atoms with Crippen LogP contribution >= 0.6 is 11.3 Å². The fraction of sp³-hybridized carbons (Fsp3) is 0.438. The summed E-state index contributed by atoms with van der Waals surface area (Å²) in [4.78, 5) is 17.7. The minimum absolute atomic E-state index is 0.00374. The van der Waals surface area contributed by atoms with Crippen LogP contribution in [0.15, 0.2) is 29.9 Å². The maximum atomic E-state index is 12.5. The first-order valence-electron chi connectivity index (χ1n) is 8.39. The second kappa shape index (κ2) is 5.48. The highest BCUT2D eigenvalue weighted by molar-refractivity contribution is 7.12. The van der Waals surface area contributed by atoms with Crippen LogP contribution in [0, 0.1) is 5.92 Å². The molecule has 2 aliphatic rings. The molecule has 0 aliphatic heterocycles. The van der Waals surface area contributed by atoms with Gasteiger partial charge in [0.05, 0.1) is 22.7 Å². The van der Waals surface area contributed by atoms with E-state index in [-0.39, 0.29) is 17.5 Å². The van der Waals surface area contributed by atoms with E-state index < -0.39 is 0 Å². The minimum Gasteiger partial charge on any atom is -0.359 e. The molecule has 0 spiro atoms. The van der Waals surface area contributed by atoms with Crippen molar-refractivity contribution < 1.29 is 4.79 Å². The Balaban J connectivity index is 1.43. The maximum absolute atomic E-state index is 12.5. The standard InChI is InChI=1S/C16H17N7OS/c24-15(11-2-1-7-25-11)18-12-8-10-3-4-16(12,9-10)19-13-14-20-21-22-23(14)6-5-17-13/h1-2,5-7,10,12H,3-4,8-9H2,(H,17,19)(H,18,24). The SMILES string of the molecule is O=C(NC1CC2CCC1(Nc1nccn3nnnc13)C2)c1cccs1. The predicted octanol–water partition coefficient (Wildman–Crippen LogP) is 1.73. The second-order valence-electron chi connectivity index (χ2n) is 6.85. The minimum atomic E-state index is -0.182. The number of tetrazole rings is 1. The van der Waals surface area contributed by atoms with Crippen LogP contribution in [0.5, 0.6) is 0 Å². The van der Waals surface area contributed by atoms with E-state index >= 15 is 0 Å². The van der Waals surface area contributed by atoms with Gasteiger partial charge in [0.15, 0.2) is 5.82 Å². The third-order valence-corrected chi connectivity index (χ3v) is 6.29. The van der Waals surface area contributed by atoms with Gasteiger partial charge < -0.3 is 10.6 Å². The van der Waals surface area contributed by atoms with Crippen LogP contribution in [0.2, 0.25) is 0 Å². The fourth-order valence-corrected chi connectivity index (χ4v) is 4.92. The summed E-state index contributed by atoms with van der Waals surface area (Å²) in [6, 6.07) is 3.84. The van der Waals surface area contributed by atoms with Crippen molar-refractivity contribution in [3.05, 3.63) is 34.8 Å². The molecule has 5 rings (SSSR count). The molecule has 0 radical (unpaired) electrons. The Bertz CT molecular complexity index is 924. The molecule has 3 unspecified atom stereocenters. The molecule has 9 heteroatoms. The van der Waals surface area contributed by atoms with E-state index in [9.17, 15) is 4.79 Å². The van der Waals surface area contributed by atoms with Gasteiger partial charge in [-0.1, -0.05) is 6.07 Å². The largest absolute Gasteiger partial charge is 0.359 e. The van der Waals surface area contributed by atoms with Crippen LogP contribution in [0.3, 0.4) is 0 Å². The predicted molar refractivity (Wildman–Crippen MR) is 92.5 cm³/mol. The number of aromatic nitrogens is 5. The van der Waals surface area contributed by atoms with E-state index in [1.807, 2.05) is 17.5 Å². The third kappa shape index (κ3) is 2.38. The lowest BCUT2D eigenvalue weighted by molar-refractivity contribution is 0.0923. The first-order chi connectivity index (χ1) is 12.2. The Labute approximate surface area is 147 Å². The number of amides is 1. The summed E-state index contributed by atoms with van der Waals surface area (Å²) < 4.78 is 1.60. The number of nitrogens with one attached hydrogen (secondary N) is 2. The lowest BCUT2D eigenvalue weighted by Gasteiger charge is -2.36. The van der Waals surface area contributed by atoms with Crippen molar-refractivity contribution >= 4 is 28.7 Å². The Kier molecular flexibility index (Phi) is 3.24. The molecule has 2 N–H and O–H groups in total. The average molecular weight is 355 g/mol. The first-order valence-corrected chi connectivity index (χ1v) is 9.27. The maximum Gasteiger partial charge on any atom is 0.261 e. The van der Waals surface area contributed by atoms with Crippen molar-refractivity contribution in [2.75, 3.05) is 5.32 Å². The molecule has 0 aromatic carbocycles. The van der Waals surface area contributed by atoms with Crippen molar-refractivity contribution in [2.45, 2.75) is 37.3 Å². The van der Waals surface area contributed by atoms with Gasteiger partial charge >= 0.3 is 0 Å². The number of anilines is 1. The van der Waals surface area contributed by atoms with Crippen LogP contribution in [0.1, 0.15) is 35.4 Å². The molecule has 2 aliphatic carbocycles. The molecule has 8 nitrogen and oxygen atoms in total. The summed E-state index contributed by atoms with van der Waals surface area (Å²) in [5, 5.41) is 20.4. The summed E-state index contributed by atoms with van der Waals surface area (Å²) in [6.07, 6.45) is 7.62. The second-order valence-corrected chi connectivity index (χ2v) is 7.80. The van der Waals surface area contributed by atoms with Gasteiger partial charge in [-0.25, -0.2) is 4.98 Å². The molecular weight excluding hydrogens is 338 g/mol. The quantitative estimate of drug-likeness (QED) is 0.740. The van der Waals surface area contributed by atoms with Crippen LogP contribution in [-0.4, -0.2) is 42.5 Å². The molecule has 2 bridgehead atoms. The lowest BCUT2D eigenvalue weighted by Crippen LogP contribution is -2.54. The van der Waals surface area contributed by atoms with E-state index in [1.165, 1.54) is 17.8 Å². The molecule has 3 heterocycles. The fourth-order valence-electron chi connectivity index (χ4n) is 4.30. The highest BCUT2D eigenvalue weighted by Gasteiger charge is 2.53. The Hall–Kier alpha value is -2.55. The lowest BCUT2D eigenvalue weighted by atomic mass is 9.88. The smallest absolute Gasteiger partial charge is 0.261 e. The molecule has 0 saturated heterocycles. The van der Waals surface area contributed by atoms with Crippen LogP contribution in [0.25, 0.3) is 5.65 Å². The molecule has 1 amide bonds. The number of thiophene rings is 1. The van der Waals surface area contributed by atoms with E-state index in [0.717, 1.165) is 24.1 Å². The van der Waals surface area contributed by atoms with E-state index in [2.05, 4.69) is 31.1 Å². The number of nitrogens with zero attached hydrogens (tertiary/aromatic N) is 5. The summed E-state index contributed by atoms with van der Waals surface area (Å²) >= 11 is 1.47. The zero-order valence-corrected chi connectivity index (χ0v) is 14.2. The van der Waals surface area contributed by atoms with Gasteiger partial charge in [-0.05, 0) is 53.5 Å². The number of carbonyl (C=O) groups excluding carboxylic acids is 1. The Morgan fingerprint density at radius 2 is 2.40 bits per heavy atom. The highest BCUT2D eigenvalue weighted by atomic mass is 32.1. The zero-order valence-electron chi connectivity index (χ0n) is 13.4. The topological polar surface area (TPSA) is 97.1 Å². The summed E-state index contributed by atoms with van der Waals surface area (Å²) in [7, 11) is 0. The third-order valence-electron chi connectivity index (χ3n) is 5.42. The molecule has 3 atom stereocenters. The monoisotopic (exact) mass is 355 g/mol. The van der Waals surface area contributed by atoms with Gasteiger partial charge in [-0.3, -0.25) is 4.79 Å². The van der Waals surface area contributed by atoms with Crippen LogP contribution in [0.4, 0.5) is 5.82 Å². The van der Waals surface area contributed by atoms with Crippen molar-refractivity contribution in [1.82, 2.24) is 30.3 Å². The van der Waals surface area contributed by atoms with Crippen molar-refractivity contribution in [1.29, 1.82) is 0 Å². The van der Waals surface area contributed by atoms with Gasteiger partial charge in [-0.15, -0.1) is 16.4 Å². The molecule has 128 valence electrons. The van der Waals surface area contributed by atoms with Crippen molar-refractivity contribution in [3.8, 4) is 0 Å². The molecular formula is C16H17N7OS. The molecule has 3 aromatic heterocycles. The summed E-state index contributed by atoms with van der Waals surface area (Å²) in [5.41, 5.74) is 0.425. The number of hydrogen-bond acceptors (Lipinski definition) is 7. The van der Waals surface area contributed by atoms with Gasteiger partial charge in [0.2, 0.25) is 5.65 Å². The highest BCUT2D eigenvalue weighted by Crippen LogP contribution is 2.49. The zero-order chi connectivity index (χ0) is 16.9. The van der Waals surface area contributed by atoms with E-state index in [4.69, 9.17) is 0 Å². The van der Waals surface area contributed by atoms with Crippen molar-refractivity contribution in [2.24, 2.45) is 5.92 Å². The summed E-state index contributed by atoms with van der Waals surface area (Å²) in [5.74, 6) is 1.31. The van der Waals surface area contributed by atoms with Crippen LogP contribution in [-0.2, 0) is 0 Å². The normalized spacial score (nSPS) is 27.7. The number of rotatable bonds is 4. The van der Waals surface area contributed by atoms with Gasteiger partial charge in [-0.2, -0.15) is 4.52 Å². The molecule has 2 saturated carbocycles. The van der Waals surface area contributed by atoms with Crippen molar-refractivity contribution in [3.63, 3.8) is 0 Å². The molecule has 2 fully saturated rings. The molecule has 3 aromatic rings. The number of carbonyl (C=O) groups is 1. The molecule has 25 heavy (non-hydrogen) atoms. The number of hydrogen-bond donors (Lipinski definition) is 2. The Morgan fingerprint density at radius 1 is 1.44 bits per heavy atom. The van der Waals surface area contributed by atoms with E-state index in [0.29, 0.717) is 17.4 Å². The van der Waals surface area contributed by atoms with Crippen LogP contribution < -0.4 is 10.6 Å². The first kappa shape index (κ1) is 14.8. The average Bonchev–Trinajstić information content (AvgIpc) is 3.38. The van der Waals surface area contributed by atoms with Gasteiger partial charge in [0.1, 0.15) is 0 Å². The number of fused-ring (bicyclic) bond motifs is 3. The van der Waals surface area contributed by atoms with Gasteiger partial charge in [0, 0.05) is 6.20 Å². The van der Waals surface area contributed by atoms with E-state index in [1.54, 1.807) is 16.9 Å². The Morgan fingerprint density at radius 3 is 3.24 bits per heavy atom. The summed E-state index contributed by atoms with van der Waals surface area (Å²) in [6.45, 7) is 0.